The number of hydrogen-bond acceptors (Lipinski definition) is 3. The maximum atomic E-state index is 12.5. The van der Waals surface area contributed by atoms with Crippen LogP contribution in [0.3, 0.4) is 0 Å². The van der Waals surface area contributed by atoms with Crippen molar-refractivity contribution in [3.63, 3.8) is 0 Å². The van der Waals surface area contributed by atoms with Crippen molar-refractivity contribution in [2.75, 3.05) is 20.7 Å². The number of benzene rings is 1. The lowest BCUT2D eigenvalue weighted by molar-refractivity contribution is -0.0505. The summed E-state index contributed by atoms with van der Waals surface area (Å²) in [5, 5.41) is 5.83. The third-order valence-electron chi connectivity index (χ3n) is 2.63. The average molecular weight is 429 g/mol. The molecule has 2 N–H and O–H groups in total. The molecule has 0 aromatic heterocycles. The standard InChI is InChI=1S/C14H21F2N3O2.HI/c1-4-7-20-11-6-5-10(9-19-14(17-2)18-3)12(8-11)21-13(15)16;/h5-6,8,13H,4,7,9H2,1-3H3,(H2,17,18,19);1H. The molecule has 0 aliphatic rings. The Morgan fingerprint density at radius 1 is 1.36 bits per heavy atom. The smallest absolute Gasteiger partial charge is 0.387 e. The Labute approximate surface area is 146 Å². The zero-order valence-electron chi connectivity index (χ0n) is 12.9. The summed E-state index contributed by atoms with van der Waals surface area (Å²) in [6.07, 6.45) is 0.840. The number of hydrogen-bond donors (Lipinski definition) is 2. The predicted octanol–water partition coefficient (Wildman–Crippen LogP) is 2.99. The maximum Gasteiger partial charge on any atom is 0.387 e. The molecule has 0 atom stereocenters. The molecule has 1 aromatic carbocycles. The van der Waals surface area contributed by atoms with Crippen LogP contribution < -0.4 is 20.1 Å². The Balaban J connectivity index is 0.00000441. The predicted molar refractivity (Wildman–Crippen MR) is 93.5 cm³/mol. The van der Waals surface area contributed by atoms with Gasteiger partial charge in [-0.15, -0.1) is 24.0 Å². The molecule has 0 amide bonds. The van der Waals surface area contributed by atoms with Crippen molar-refractivity contribution in [1.29, 1.82) is 0 Å². The van der Waals surface area contributed by atoms with Crippen molar-refractivity contribution in [2.24, 2.45) is 4.99 Å². The van der Waals surface area contributed by atoms with Crippen LogP contribution in [0.4, 0.5) is 8.78 Å². The first-order valence-electron chi connectivity index (χ1n) is 6.69. The number of guanidine groups is 1. The summed E-state index contributed by atoms with van der Waals surface area (Å²) in [5.41, 5.74) is 0.593. The van der Waals surface area contributed by atoms with Gasteiger partial charge < -0.3 is 20.1 Å². The van der Waals surface area contributed by atoms with E-state index in [0.29, 0.717) is 30.4 Å². The molecule has 0 radical (unpaired) electrons. The minimum Gasteiger partial charge on any atom is -0.493 e. The van der Waals surface area contributed by atoms with Crippen molar-refractivity contribution in [1.82, 2.24) is 10.6 Å². The van der Waals surface area contributed by atoms with Crippen molar-refractivity contribution >= 4 is 29.9 Å². The summed E-state index contributed by atoms with van der Waals surface area (Å²) in [6, 6.07) is 4.90. The summed E-state index contributed by atoms with van der Waals surface area (Å²) in [7, 11) is 3.34. The van der Waals surface area contributed by atoms with Crippen LogP contribution in [0, 0.1) is 0 Å². The Hall–Kier alpha value is -1.32. The van der Waals surface area contributed by atoms with Gasteiger partial charge in [0.25, 0.3) is 0 Å². The Bertz CT molecular complexity index is 473. The number of ether oxygens (including phenoxy) is 2. The van der Waals surface area contributed by atoms with Crippen LogP contribution in [0.1, 0.15) is 18.9 Å². The molecule has 0 aliphatic carbocycles. The molecular weight excluding hydrogens is 407 g/mol. The van der Waals surface area contributed by atoms with Crippen molar-refractivity contribution in [3.8, 4) is 11.5 Å². The van der Waals surface area contributed by atoms with Gasteiger partial charge in [-0.25, -0.2) is 0 Å². The molecule has 0 unspecified atom stereocenters. The third-order valence-corrected chi connectivity index (χ3v) is 2.63. The maximum absolute atomic E-state index is 12.5. The van der Waals surface area contributed by atoms with Crippen LogP contribution in [0.15, 0.2) is 23.2 Å². The third kappa shape index (κ3) is 7.10. The van der Waals surface area contributed by atoms with Gasteiger partial charge in [0, 0.05) is 32.3 Å². The van der Waals surface area contributed by atoms with Gasteiger partial charge >= 0.3 is 6.61 Å². The largest absolute Gasteiger partial charge is 0.493 e. The van der Waals surface area contributed by atoms with E-state index in [1.807, 2.05) is 6.92 Å². The molecule has 22 heavy (non-hydrogen) atoms. The molecule has 126 valence electrons. The molecular formula is C14H22F2IN3O2. The number of aliphatic imine (C=N–C) groups is 1. The molecule has 0 fully saturated rings. The molecule has 0 bridgehead atoms. The monoisotopic (exact) mass is 429 g/mol. The first-order valence-corrected chi connectivity index (χ1v) is 6.69. The second-order valence-electron chi connectivity index (χ2n) is 4.17. The van der Waals surface area contributed by atoms with Gasteiger partial charge in [0.15, 0.2) is 5.96 Å². The number of nitrogens with one attached hydrogen (secondary N) is 2. The highest BCUT2D eigenvalue weighted by Gasteiger charge is 2.11. The van der Waals surface area contributed by atoms with Gasteiger partial charge in [0.2, 0.25) is 0 Å². The van der Waals surface area contributed by atoms with Crippen LogP contribution in [-0.2, 0) is 6.54 Å². The van der Waals surface area contributed by atoms with Crippen LogP contribution in [0.2, 0.25) is 0 Å². The van der Waals surface area contributed by atoms with Gasteiger partial charge in [0.05, 0.1) is 6.61 Å². The molecule has 0 saturated carbocycles. The summed E-state index contributed by atoms with van der Waals surface area (Å²) < 4.78 is 35.0. The number of nitrogens with zero attached hydrogens (tertiary/aromatic N) is 1. The van der Waals surface area contributed by atoms with E-state index in [0.717, 1.165) is 6.42 Å². The van der Waals surface area contributed by atoms with E-state index in [9.17, 15) is 8.78 Å². The van der Waals surface area contributed by atoms with E-state index >= 15 is 0 Å². The SMILES string of the molecule is CCCOc1ccc(CNC(=NC)NC)c(OC(F)F)c1.I. The van der Waals surface area contributed by atoms with Gasteiger partial charge in [-0.05, 0) is 18.6 Å². The van der Waals surface area contributed by atoms with Crippen LogP contribution in [0.25, 0.3) is 0 Å². The quantitative estimate of drug-likeness (QED) is 0.398. The van der Waals surface area contributed by atoms with Gasteiger partial charge in [0.1, 0.15) is 11.5 Å². The molecule has 8 heteroatoms. The minimum atomic E-state index is -2.88. The lowest BCUT2D eigenvalue weighted by atomic mass is 10.2. The molecule has 0 saturated heterocycles. The first kappa shape index (κ1) is 20.7. The van der Waals surface area contributed by atoms with E-state index in [-0.39, 0.29) is 29.7 Å². The van der Waals surface area contributed by atoms with E-state index in [2.05, 4.69) is 20.4 Å². The number of halogens is 3. The fourth-order valence-electron chi connectivity index (χ4n) is 1.65. The zero-order chi connectivity index (χ0) is 15.7. The Morgan fingerprint density at radius 3 is 2.64 bits per heavy atom. The Morgan fingerprint density at radius 2 is 2.09 bits per heavy atom. The summed E-state index contributed by atoms with van der Waals surface area (Å²) in [6.45, 7) is -0.0752. The van der Waals surface area contributed by atoms with E-state index < -0.39 is 6.61 Å². The summed E-state index contributed by atoms with van der Waals surface area (Å²) in [4.78, 5) is 3.95. The normalized spacial score (nSPS) is 10.9. The highest BCUT2D eigenvalue weighted by atomic mass is 127. The van der Waals surface area contributed by atoms with Crippen molar-refractivity contribution in [2.45, 2.75) is 26.5 Å². The minimum absolute atomic E-state index is 0. The van der Waals surface area contributed by atoms with E-state index in [1.165, 1.54) is 6.07 Å². The van der Waals surface area contributed by atoms with E-state index in [1.54, 1.807) is 26.2 Å². The fourth-order valence-corrected chi connectivity index (χ4v) is 1.65. The molecule has 1 aromatic rings. The Kier molecular flexibility index (Phi) is 10.6. The van der Waals surface area contributed by atoms with E-state index in [4.69, 9.17) is 4.74 Å². The topological polar surface area (TPSA) is 54.9 Å². The number of rotatable bonds is 7. The lowest BCUT2D eigenvalue weighted by Crippen LogP contribution is -2.34. The highest BCUT2D eigenvalue weighted by Crippen LogP contribution is 2.26. The number of alkyl halides is 2. The van der Waals surface area contributed by atoms with Crippen molar-refractivity contribution < 1.29 is 18.3 Å². The van der Waals surface area contributed by atoms with Crippen molar-refractivity contribution in [3.05, 3.63) is 23.8 Å². The molecule has 0 aliphatic heterocycles. The zero-order valence-corrected chi connectivity index (χ0v) is 15.2. The van der Waals surface area contributed by atoms with Gasteiger partial charge in [-0.2, -0.15) is 8.78 Å². The fraction of sp³-hybridized carbons (Fsp3) is 0.500. The molecule has 0 spiro atoms. The van der Waals surface area contributed by atoms with Crippen LogP contribution in [0.5, 0.6) is 11.5 Å². The van der Waals surface area contributed by atoms with Gasteiger partial charge in [-0.3, -0.25) is 4.99 Å². The van der Waals surface area contributed by atoms with Crippen LogP contribution >= 0.6 is 24.0 Å². The second kappa shape index (κ2) is 11.3. The average Bonchev–Trinajstić information content (AvgIpc) is 2.47. The summed E-state index contributed by atoms with van der Waals surface area (Å²) >= 11 is 0. The highest BCUT2D eigenvalue weighted by molar-refractivity contribution is 14.0. The second-order valence-corrected chi connectivity index (χ2v) is 4.17. The molecule has 1 rings (SSSR count). The lowest BCUT2D eigenvalue weighted by Gasteiger charge is -2.14. The van der Waals surface area contributed by atoms with Crippen LogP contribution in [-0.4, -0.2) is 33.3 Å². The molecule has 5 nitrogen and oxygen atoms in total. The molecule has 0 heterocycles. The van der Waals surface area contributed by atoms with Gasteiger partial charge in [-0.1, -0.05) is 6.92 Å². The summed E-state index contributed by atoms with van der Waals surface area (Å²) in [5.74, 6) is 1.16. The first-order chi connectivity index (χ1) is 10.1.